The second-order valence-corrected chi connectivity index (χ2v) is 4.54. The van der Waals surface area contributed by atoms with Gasteiger partial charge in [-0.15, -0.1) is 0 Å². The summed E-state index contributed by atoms with van der Waals surface area (Å²) in [4.78, 5) is 11.2. The van der Waals surface area contributed by atoms with E-state index in [2.05, 4.69) is 10.1 Å². The number of amides is 1. The lowest BCUT2D eigenvalue weighted by atomic mass is 9.88. The molecule has 0 fully saturated rings. The number of aryl methyl sites for hydroxylation is 1. The van der Waals surface area contributed by atoms with Gasteiger partial charge in [0.15, 0.2) is 6.61 Å². The SMILES string of the molecule is O=C(NC1CCc2ccccc2C1)OCC(F)(F)F. The highest BCUT2D eigenvalue weighted by Crippen LogP contribution is 2.21. The molecule has 6 heteroatoms. The number of alkyl carbamates (subject to hydrolysis) is 1. The van der Waals surface area contributed by atoms with E-state index in [1.807, 2.05) is 24.3 Å². The van der Waals surface area contributed by atoms with Crippen LogP contribution in [0.3, 0.4) is 0 Å². The van der Waals surface area contributed by atoms with Gasteiger partial charge in [0.2, 0.25) is 0 Å². The Morgan fingerprint density at radius 3 is 2.68 bits per heavy atom. The molecule has 0 saturated carbocycles. The maximum Gasteiger partial charge on any atom is 0.422 e. The number of nitrogens with one attached hydrogen (secondary N) is 1. The van der Waals surface area contributed by atoms with Crippen LogP contribution in [-0.2, 0) is 17.6 Å². The number of carbonyl (C=O) groups is 1. The van der Waals surface area contributed by atoms with Gasteiger partial charge in [0, 0.05) is 6.04 Å². The highest BCUT2D eigenvalue weighted by atomic mass is 19.4. The molecule has 1 aromatic rings. The number of rotatable bonds is 2. The molecule has 3 nitrogen and oxygen atoms in total. The third-order valence-electron chi connectivity index (χ3n) is 3.04. The van der Waals surface area contributed by atoms with Crippen LogP contribution in [0.1, 0.15) is 17.5 Å². The number of alkyl halides is 3. The predicted molar refractivity (Wildman–Crippen MR) is 62.8 cm³/mol. The van der Waals surface area contributed by atoms with Crippen molar-refractivity contribution in [1.82, 2.24) is 5.32 Å². The Hall–Kier alpha value is -1.72. The van der Waals surface area contributed by atoms with E-state index in [4.69, 9.17) is 0 Å². The van der Waals surface area contributed by atoms with E-state index in [9.17, 15) is 18.0 Å². The van der Waals surface area contributed by atoms with E-state index >= 15 is 0 Å². The van der Waals surface area contributed by atoms with Crippen LogP contribution in [0.15, 0.2) is 24.3 Å². The van der Waals surface area contributed by atoms with Crippen molar-refractivity contribution in [3.63, 3.8) is 0 Å². The highest BCUT2D eigenvalue weighted by molar-refractivity contribution is 5.67. The summed E-state index contributed by atoms with van der Waals surface area (Å²) in [5, 5.41) is 2.47. The van der Waals surface area contributed by atoms with Crippen LogP contribution >= 0.6 is 0 Å². The molecule has 0 radical (unpaired) electrons. The van der Waals surface area contributed by atoms with E-state index < -0.39 is 18.9 Å². The molecule has 1 aliphatic carbocycles. The van der Waals surface area contributed by atoms with Crippen molar-refractivity contribution in [2.24, 2.45) is 0 Å². The number of fused-ring (bicyclic) bond motifs is 1. The molecule has 1 aliphatic rings. The molecule has 104 valence electrons. The van der Waals surface area contributed by atoms with Gasteiger partial charge in [0.1, 0.15) is 0 Å². The van der Waals surface area contributed by atoms with Crippen molar-refractivity contribution in [3.05, 3.63) is 35.4 Å². The first-order valence-electron chi connectivity index (χ1n) is 6.01. The summed E-state index contributed by atoms with van der Waals surface area (Å²) < 4.78 is 39.8. The first kappa shape index (κ1) is 13.7. The molecule has 1 N–H and O–H groups in total. The van der Waals surface area contributed by atoms with E-state index in [0.717, 1.165) is 12.0 Å². The molecule has 0 bridgehead atoms. The number of hydrogen-bond donors (Lipinski definition) is 1. The Kier molecular flexibility index (Phi) is 3.97. The zero-order chi connectivity index (χ0) is 13.9. The summed E-state index contributed by atoms with van der Waals surface area (Å²) in [5.41, 5.74) is 2.35. The van der Waals surface area contributed by atoms with Crippen LogP contribution in [0, 0.1) is 0 Å². The molecule has 19 heavy (non-hydrogen) atoms. The summed E-state index contributed by atoms with van der Waals surface area (Å²) in [6.07, 6.45) is -3.37. The van der Waals surface area contributed by atoms with Gasteiger partial charge in [-0.1, -0.05) is 24.3 Å². The molecule has 0 spiro atoms. The molecule has 1 atom stereocenters. The Labute approximate surface area is 108 Å². The molecule has 1 aromatic carbocycles. The average Bonchev–Trinajstić information content (AvgIpc) is 2.35. The van der Waals surface area contributed by atoms with Gasteiger partial charge in [-0.25, -0.2) is 4.79 Å². The Morgan fingerprint density at radius 1 is 1.32 bits per heavy atom. The van der Waals surface area contributed by atoms with Crippen LogP contribution in [0.25, 0.3) is 0 Å². The summed E-state index contributed by atoms with van der Waals surface area (Å²) in [6.45, 7) is -1.55. The van der Waals surface area contributed by atoms with Gasteiger partial charge in [-0.2, -0.15) is 13.2 Å². The summed E-state index contributed by atoms with van der Waals surface area (Å²) >= 11 is 0. The van der Waals surface area contributed by atoms with Gasteiger partial charge in [0.05, 0.1) is 0 Å². The molecular formula is C13H14F3NO2. The lowest BCUT2D eigenvalue weighted by Crippen LogP contribution is -2.40. The Bertz CT molecular complexity index is 459. The topological polar surface area (TPSA) is 38.3 Å². The Morgan fingerprint density at radius 2 is 2.00 bits per heavy atom. The van der Waals surface area contributed by atoms with Gasteiger partial charge >= 0.3 is 12.3 Å². The first-order chi connectivity index (χ1) is 8.94. The third kappa shape index (κ3) is 4.15. The number of benzene rings is 1. The van der Waals surface area contributed by atoms with Crippen molar-refractivity contribution >= 4 is 6.09 Å². The van der Waals surface area contributed by atoms with Gasteiger partial charge in [0.25, 0.3) is 0 Å². The van der Waals surface area contributed by atoms with Crippen molar-refractivity contribution < 1.29 is 22.7 Å². The smallest absolute Gasteiger partial charge is 0.422 e. The fourth-order valence-electron chi connectivity index (χ4n) is 2.18. The minimum Gasteiger partial charge on any atom is -0.440 e. The third-order valence-corrected chi connectivity index (χ3v) is 3.04. The van der Waals surface area contributed by atoms with E-state index in [0.29, 0.717) is 12.8 Å². The molecule has 0 aromatic heterocycles. The number of carbonyl (C=O) groups excluding carboxylic acids is 1. The summed E-state index contributed by atoms with van der Waals surface area (Å²) in [5.74, 6) is 0. The van der Waals surface area contributed by atoms with E-state index in [-0.39, 0.29) is 6.04 Å². The number of hydrogen-bond acceptors (Lipinski definition) is 2. The van der Waals surface area contributed by atoms with Crippen molar-refractivity contribution in [1.29, 1.82) is 0 Å². The average molecular weight is 273 g/mol. The fourth-order valence-corrected chi connectivity index (χ4v) is 2.18. The maximum atomic E-state index is 11.9. The molecule has 0 aliphatic heterocycles. The van der Waals surface area contributed by atoms with Crippen LogP contribution in [-0.4, -0.2) is 24.9 Å². The number of ether oxygens (including phenoxy) is 1. The molecule has 1 unspecified atom stereocenters. The van der Waals surface area contributed by atoms with E-state index in [1.165, 1.54) is 5.56 Å². The quantitative estimate of drug-likeness (QED) is 0.899. The molecular weight excluding hydrogens is 259 g/mol. The largest absolute Gasteiger partial charge is 0.440 e. The van der Waals surface area contributed by atoms with Gasteiger partial charge < -0.3 is 10.1 Å². The van der Waals surface area contributed by atoms with Crippen LogP contribution in [0.2, 0.25) is 0 Å². The lowest BCUT2D eigenvalue weighted by molar-refractivity contribution is -0.160. The highest BCUT2D eigenvalue weighted by Gasteiger charge is 2.30. The zero-order valence-electron chi connectivity index (χ0n) is 10.2. The normalized spacial score (nSPS) is 18.6. The second-order valence-electron chi connectivity index (χ2n) is 4.54. The maximum absolute atomic E-state index is 11.9. The fraction of sp³-hybridized carbons (Fsp3) is 0.462. The van der Waals surface area contributed by atoms with Gasteiger partial charge in [-0.05, 0) is 30.4 Å². The minimum absolute atomic E-state index is 0.171. The molecule has 0 heterocycles. The number of halogens is 3. The monoisotopic (exact) mass is 273 g/mol. The molecule has 1 amide bonds. The van der Waals surface area contributed by atoms with Crippen molar-refractivity contribution in [2.75, 3.05) is 6.61 Å². The predicted octanol–water partition coefficient (Wildman–Crippen LogP) is 2.83. The zero-order valence-corrected chi connectivity index (χ0v) is 10.2. The lowest BCUT2D eigenvalue weighted by Gasteiger charge is -2.25. The van der Waals surface area contributed by atoms with Crippen molar-refractivity contribution in [3.8, 4) is 0 Å². The Balaban J connectivity index is 1.84. The van der Waals surface area contributed by atoms with Crippen LogP contribution in [0.5, 0.6) is 0 Å². The van der Waals surface area contributed by atoms with Gasteiger partial charge in [-0.3, -0.25) is 0 Å². The van der Waals surface area contributed by atoms with Crippen LogP contribution in [0.4, 0.5) is 18.0 Å². The molecule has 0 saturated heterocycles. The minimum atomic E-state index is -4.49. The summed E-state index contributed by atoms with van der Waals surface area (Å²) in [7, 11) is 0. The molecule has 2 rings (SSSR count). The first-order valence-corrected chi connectivity index (χ1v) is 6.01. The standard InChI is InChI=1S/C13H14F3NO2/c14-13(15,16)8-19-12(18)17-11-6-5-9-3-1-2-4-10(9)7-11/h1-4,11H,5-8H2,(H,17,18). The van der Waals surface area contributed by atoms with Crippen molar-refractivity contribution in [2.45, 2.75) is 31.5 Å². The second kappa shape index (κ2) is 5.50. The van der Waals surface area contributed by atoms with Crippen LogP contribution < -0.4 is 5.32 Å². The summed E-state index contributed by atoms with van der Waals surface area (Å²) in [6, 6.07) is 7.67. The van der Waals surface area contributed by atoms with E-state index in [1.54, 1.807) is 0 Å².